The normalized spacial score (nSPS) is 12.4. The van der Waals surface area contributed by atoms with E-state index in [1.165, 1.54) is 135 Å². The fourth-order valence-corrected chi connectivity index (χ4v) is 7.24. The third-order valence-corrected chi connectivity index (χ3v) is 11.1. The van der Waals surface area contributed by atoms with Crippen molar-refractivity contribution < 1.29 is 28.6 Å². The Morgan fingerprint density at radius 3 is 1.15 bits per heavy atom. The molecule has 0 aliphatic heterocycles. The van der Waals surface area contributed by atoms with Gasteiger partial charge in [0.05, 0.1) is 0 Å². The first-order valence-electron chi connectivity index (χ1n) is 25.7. The van der Waals surface area contributed by atoms with Gasteiger partial charge < -0.3 is 14.2 Å². The smallest absolute Gasteiger partial charge is 0.306 e. The molecule has 0 radical (unpaired) electrons. The van der Waals surface area contributed by atoms with E-state index in [4.69, 9.17) is 14.2 Å². The Morgan fingerprint density at radius 1 is 0.367 bits per heavy atom. The van der Waals surface area contributed by atoms with E-state index in [0.29, 0.717) is 19.3 Å². The van der Waals surface area contributed by atoms with Gasteiger partial charge in [-0.25, -0.2) is 0 Å². The van der Waals surface area contributed by atoms with E-state index in [0.717, 1.165) is 83.5 Å². The Balaban J connectivity index is 4.35. The molecule has 0 fully saturated rings. The number of esters is 3. The van der Waals surface area contributed by atoms with Gasteiger partial charge in [-0.15, -0.1) is 0 Å². The molecule has 0 aliphatic carbocycles. The molecule has 0 saturated heterocycles. The minimum absolute atomic E-state index is 0.0919. The molecular weight excluding hydrogens is 745 g/mol. The van der Waals surface area contributed by atoms with E-state index in [2.05, 4.69) is 69.4 Å². The van der Waals surface area contributed by atoms with Crippen LogP contribution in [0, 0.1) is 0 Å². The molecule has 0 aromatic carbocycles. The lowest BCUT2D eigenvalue weighted by Crippen LogP contribution is -2.30. The summed E-state index contributed by atoms with van der Waals surface area (Å²) in [6.45, 7) is 6.47. The molecule has 0 aromatic heterocycles. The predicted octanol–water partition coefficient (Wildman–Crippen LogP) is 16.7. The number of allylic oxidation sites excluding steroid dienone is 8. The van der Waals surface area contributed by atoms with Gasteiger partial charge in [-0.2, -0.15) is 0 Å². The monoisotopic (exact) mass is 841 g/mol. The Kier molecular flexibility index (Phi) is 46.9. The minimum atomic E-state index is -0.796. The van der Waals surface area contributed by atoms with E-state index >= 15 is 0 Å². The fraction of sp³-hybridized carbons (Fsp3) is 0.796. The van der Waals surface area contributed by atoms with Crippen molar-refractivity contribution in [3.05, 3.63) is 48.6 Å². The molecule has 0 spiro atoms. The highest BCUT2D eigenvalue weighted by molar-refractivity contribution is 5.71. The van der Waals surface area contributed by atoms with Gasteiger partial charge >= 0.3 is 17.9 Å². The lowest BCUT2D eigenvalue weighted by molar-refractivity contribution is -0.167. The van der Waals surface area contributed by atoms with Crippen LogP contribution in [-0.2, 0) is 28.6 Å². The maximum absolute atomic E-state index is 12.8. The van der Waals surface area contributed by atoms with Crippen molar-refractivity contribution in [3.63, 3.8) is 0 Å². The van der Waals surface area contributed by atoms with Crippen LogP contribution in [0.4, 0.5) is 0 Å². The number of rotatable bonds is 46. The van der Waals surface area contributed by atoms with Gasteiger partial charge in [0.1, 0.15) is 13.2 Å². The number of ether oxygens (including phenoxy) is 3. The van der Waals surface area contributed by atoms with Crippen molar-refractivity contribution in [3.8, 4) is 0 Å². The fourth-order valence-electron chi connectivity index (χ4n) is 7.24. The second-order valence-corrected chi connectivity index (χ2v) is 17.1. The molecule has 0 N–H and O–H groups in total. The molecule has 0 rings (SSSR count). The Labute approximate surface area is 371 Å². The van der Waals surface area contributed by atoms with Gasteiger partial charge in [0.15, 0.2) is 6.10 Å². The molecule has 6 heteroatoms. The zero-order valence-corrected chi connectivity index (χ0v) is 39.7. The van der Waals surface area contributed by atoms with Gasteiger partial charge in [-0.3, -0.25) is 14.4 Å². The van der Waals surface area contributed by atoms with Crippen molar-refractivity contribution in [2.45, 2.75) is 264 Å². The summed E-state index contributed by atoms with van der Waals surface area (Å²) in [6.07, 6.45) is 58.3. The van der Waals surface area contributed by atoms with Crippen LogP contribution >= 0.6 is 0 Å². The molecule has 60 heavy (non-hydrogen) atoms. The number of hydrogen-bond acceptors (Lipinski definition) is 6. The van der Waals surface area contributed by atoms with E-state index < -0.39 is 6.10 Å². The summed E-state index contributed by atoms with van der Waals surface area (Å²) in [7, 11) is 0. The van der Waals surface area contributed by atoms with Crippen LogP contribution in [0.15, 0.2) is 48.6 Å². The third kappa shape index (κ3) is 46.4. The first kappa shape index (κ1) is 57.4. The SMILES string of the molecule is CC/C=C\C/C=C\CCCCC(=O)OCC(COC(=O)CCCCCCCCCCCCCCCCCCC)OC(=O)CCCCC/C=C\C=C/CCCCCCCCC. The molecule has 0 aromatic rings. The molecule has 0 bridgehead atoms. The molecule has 0 amide bonds. The highest BCUT2D eigenvalue weighted by Crippen LogP contribution is 2.15. The first-order chi connectivity index (χ1) is 29.5. The molecular formula is C54H96O6. The van der Waals surface area contributed by atoms with Crippen LogP contribution in [0.25, 0.3) is 0 Å². The van der Waals surface area contributed by atoms with Gasteiger partial charge in [0.25, 0.3) is 0 Å². The lowest BCUT2D eigenvalue weighted by atomic mass is 10.0. The van der Waals surface area contributed by atoms with E-state index in [9.17, 15) is 14.4 Å². The van der Waals surface area contributed by atoms with Crippen LogP contribution in [-0.4, -0.2) is 37.2 Å². The van der Waals surface area contributed by atoms with Crippen LogP contribution in [0.3, 0.4) is 0 Å². The van der Waals surface area contributed by atoms with Gasteiger partial charge in [0.2, 0.25) is 0 Å². The lowest BCUT2D eigenvalue weighted by Gasteiger charge is -2.18. The second kappa shape index (κ2) is 49.0. The molecule has 1 unspecified atom stereocenters. The van der Waals surface area contributed by atoms with Crippen LogP contribution in [0.1, 0.15) is 258 Å². The van der Waals surface area contributed by atoms with Crippen molar-refractivity contribution in [1.82, 2.24) is 0 Å². The minimum Gasteiger partial charge on any atom is -0.462 e. The second-order valence-electron chi connectivity index (χ2n) is 17.1. The van der Waals surface area contributed by atoms with E-state index in [1.54, 1.807) is 0 Å². The predicted molar refractivity (Wildman–Crippen MR) is 256 cm³/mol. The highest BCUT2D eigenvalue weighted by Gasteiger charge is 2.19. The molecule has 6 nitrogen and oxygen atoms in total. The summed E-state index contributed by atoms with van der Waals surface area (Å²) in [5.41, 5.74) is 0. The first-order valence-corrected chi connectivity index (χ1v) is 25.7. The van der Waals surface area contributed by atoms with Crippen molar-refractivity contribution in [1.29, 1.82) is 0 Å². The van der Waals surface area contributed by atoms with E-state index in [-0.39, 0.29) is 31.1 Å². The molecule has 1 atom stereocenters. The maximum atomic E-state index is 12.8. The van der Waals surface area contributed by atoms with Crippen molar-refractivity contribution >= 4 is 17.9 Å². The van der Waals surface area contributed by atoms with Gasteiger partial charge in [-0.1, -0.05) is 217 Å². The molecule has 0 aliphatic rings. The Morgan fingerprint density at radius 2 is 0.700 bits per heavy atom. The third-order valence-electron chi connectivity index (χ3n) is 11.1. The zero-order valence-electron chi connectivity index (χ0n) is 39.7. The summed E-state index contributed by atoms with van der Waals surface area (Å²) in [4.78, 5) is 37.8. The molecule has 0 heterocycles. The zero-order chi connectivity index (χ0) is 43.7. The van der Waals surface area contributed by atoms with E-state index in [1.807, 2.05) is 0 Å². The quantitative estimate of drug-likeness (QED) is 0.0200. The number of unbranched alkanes of at least 4 members (excludes halogenated alkanes) is 28. The average molecular weight is 841 g/mol. The summed E-state index contributed by atoms with van der Waals surface area (Å²) in [5, 5.41) is 0. The maximum Gasteiger partial charge on any atom is 0.306 e. The van der Waals surface area contributed by atoms with Crippen LogP contribution in [0.5, 0.6) is 0 Å². The largest absolute Gasteiger partial charge is 0.462 e. The summed E-state index contributed by atoms with van der Waals surface area (Å²) < 4.78 is 16.7. The number of hydrogen-bond donors (Lipinski definition) is 0. The van der Waals surface area contributed by atoms with Crippen molar-refractivity contribution in [2.24, 2.45) is 0 Å². The van der Waals surface area contributed by atoms with Gasteiger partial charge in [0, 0.05) is 19.3 Å². The standard InChI is InChI=1S/C54H96O6/c1-4-7-10-13-16-19-21-23-25-27-29-30-32-35-38-41-44-47-53(56)59-50-51(49-58-52(55)46-43-40-37-34-18-15-12-9-6-3)60-54(57)48-45-42-39-36-33-31-28-26-24-22-20-17-14-11-8-5-2/h9,12,18,26,28,31,33-34,51H,4-8,10-11,13-17,19-25,27,29-30,32,35-50H2,1-3H3/b12-9-,28-26-,33-31-,34-18-. The summed E-state index contributed by atoms with van der Waals surface area (Å²) in [6, 6.07) is 0. The topological polar surface area (TPSA) is 78.9 Å². The van der Waals surface area contributed by atoms with Crippen LogP contribution < -0.4 is 0 Å². The van der Waals surface area contributed by atoms with Crippen LogP contribution in [0.2, 0.25) is 0 Å². The molecule has 0 saturated carbocycles. The Hall–Kier alpha value is -2.63. The van der Waals surface area contributed by atoms with Crippen molar-refractivity contribution in [2.75, 3.05) is 13.2 Å². The average Bonchev–Trinajstić information content (AvgIpc) is 3.24. The summed E-state index contributed by atoms with van der Waals surface area (Å²) >= 11 is 0. The number of carbonyl (C=O) groups is 3. The Bertz CT molecular complexity index is 1060. The highest BCUT2D eigenvalue weighted by atomic mass is 16.6. The van der Waals surface area contributed by atoms with Gasteiger partial charge in [-0.05, 0) is 70.6 Å². The molecule has 348 valence electrons. The number of carbonyl (C=O) groups excluding carboxylic acids is 3. The summed E-state index contributed by atoms with van der Waals surface area (Å²) in [5.74, 6) is -0.951.